The molecular weight excluding hydrogens is 448 g/mol. The summed E-state index contributed by atoms with van der Waals surface area (Å²) in [6.45, 7) is 4.52. The van der Waals surface area contributed by atoms with Crippen LogP contribution in [-0.4, -0.2) is 63.4 Å². The van der Waals surface area contributed by atoms with Gasteiger partial charge >= 0.3 is 5.97 Å². The Hall–Kier alpha value is -4.26. The summed E-state index contributed by atoms with van der Waals surface area (Å²) in [5.41, 5.74) is 0.659. The van der Waals surface area contributed by atoms with E-state index in [-0.39, 0.29) is 41.5 Å². The van der Waals surface area contributed by atoms with Crippen molar-refractivity contribution in [2.24, 2.45) is 5.92 Å². The molecule has 1 aromatic carbocycles. The zero-order chi connectivity index (χ0) is 25.1. The standard InChI is InChI=1S/C25H26N6O4/c1-16-9-12-30(22(33)8-11-26)14-20(16)29(3)23-19-10-13-31(24(19)28-15-27-23)25(34)18-6-4-5-7-21(18)35-17(2)32/h4-7,10,13,15-16,20H,8-9,12,14H2,1-3H3/t16-,20+/m1/s1. The molecule has 1 amide bonds. The van der Waals surface area contributed by atoms with Gasteiger partial charge in [0.2, 0.25) is 5.91 Å². The molecule has 0 spiro atoms. The van der Waals surface area contributed by atoms with E-state index in [0.717, 1.165) is 6.42 Å². The van der Waals surface area contributed by atoms with Crippen LogP contribution in [0.5, 0.6) is 5.75 Å². The van der Waals surface area contributed by atoms with E-state index in [9.17, 15) is 14.4 Å². The molecule has 0 radical (unpaired) electrons. The number of hydrogen-bond acceptors (Lipinski definition) is 8. The molecule has 4 rings (SSSR count). The van der Waals surface area contributed by atoms with Crippen LogP contribution in [0, 0.1) is 17.2 Å². The number of nitrogens with zero attached hydrogens (tertiary/aromatic N) is 6. The summed E-state index contributed by atoms with van der Waals surface area (Å²) in [5.74, 6) is 0.0307. The third-order valence-electron chi connectivity index (χ3n) is 6.38. The van der Waals surface area contributed by atoms with Gasteiger partial charge in [-0.05, 0) is 30.5 Å². The Bertz CT molecular complexity index is 1330. The highest BCUT2D eigenvalue weighted by molar-refractivity contribution is 6.04. The molecule has 0 aliphatic carbocycles. The minimum atomic E-state index is -0.516. The van der Waals surface area contributed by atoms with E-state index < -0.39 is 5.97 Å². The first-order chi connectivity index (χ1) is 16.8. The van der Waals surface area contributed by atoms with Crippen LogP contribution in [0.4, 0.5) is 5.82 Å². The van der Waals surface area contributed by atoms with E-state index in [4.69, 9.17) is 10.00 Å². The van der Waals surface area contributed by atoms with E-state index in [2.05, 4.69) is 16.9 Å². The van der Waals surface area contributed by atoms with Crippen LogP contribution in [0.3, 0.4) is 0 Å². The molecular formula is C25H26N6O4. The summed E-state index contributed by atoms with van der Waals surface area (Å²) in [4.78, 5) is 49.7. The van der Waals surface area contributed by atoms with Crippen LogP contribution in [0.1, 0.15) is 37.0 Å². The summed E-state index contributed by atoms with van der Waals surface area (Å²) in [6.07, 6.45) is 3.70. The maximum atomic E-state index is 13.4. The molecule has 2 aromatic heterocycles. The van der Waals surface area contributed by atoms with Gasteiger partial charge in [0.25, 0.3) is 5.91 Å². The monoisotopic (exact) mass is 474 g/mol. The van der Waals surface area contributed by atoms with Gasteiger partial charge in [0.05, 0.1) is 23.1 Å². The molecule has 1 saturated heterocycles. The average Bonchev–Trinajstić information content (AvgIpc) is 3.28. The van der Waals surface area contributed by atoms with Crippen molar-refractivity contribution in [1.82, 2.24) is 19.4 Å². The van der Waals surface area contributed by atoms with Crippen molar-refractivity contribution < 1.29 is 19.1 Å². The first-order valence-electron chi connectivity index (χ1n) is 11.3. The summed E-state index contributed by atoms with van der Waals surface area (Å²) in [6, 6.07) is 10.2. The highest BCUT2D eigenvalue weighted by Crippen LogP contribution is 2.30. The number of rotatable bonds is 5. The lowest BCUT2D eigenvalue weighted by atomic mass is 9.92. The minimum Gasteiger partial charge on any atom is -0.426 e. The number of carbonyl (C=O) groups excluding carboxylic acids is 3. The Labute approximate surface area is 202 Å². The van der Waals surface area contributed by atoms with Gasteiger partial charge in [-0.1, -0.05) is 19.1 Å². The lowest BCUT2D eigenvalue weighted by Crippen LogP contribution is -2.52. The quantitative estimate of drug-likeness (QED) is 0.409. The number of benzene rings is 1. The molecule has 1 aliphatic rings. The maximum absolute atomic E-state index is 13.4. The second-order valence-electron chi connectivity index (χ2n) is 8.63. The highest BCUT2D eigenvalue weighted by atomic mass is 16.5. The molecule has 3 aromatic rings. The van der Waals surface area contributed by atoms with Crippen molar-refractivity contribution in [1.29, 1.82) is 5.26 Å². The number of hydrogen-bond donors (Lipinski definition) is 0. The van der Waals surface area contributed by atoms with E-state index in [0.29, 0.717) is 29.9 Å². The van der Waals surface area contributed by atoms with E-state index in [1.54, 1.807) is 41.4 Å². The number of ether oxygens (including phenoxy) is 1. The summed E-state index contributed by atoms with van der Waals surface area (Å²) >= 11 is 0. The SMILES string of the molecule is CC(=O)Oc1ccccc1C(=O)n1ccc2c(N(C)[C@H]3CN(C(=O)CC#N)CC[C@H]3C)ncnc21. The number of para-hydroxylation sites is 1. The smallest absolute Gasteiger partial charge is 0.308 e. The Morgan fingerprint density at radius 3 is 2.74 bits per heavy atom. The van der Waals surface area contributed by atoms with Gasteiger partial charge in [0.1, 0.15) is 24.3 Å². The first kappa shape index (κ1) is 23.9. The summed E-state index contributed by atoms with van der Waals surface area (Å²) in [7, 11) is 1.91. The number of carbonyl (C=O) groups is 3. The lowest BCUT2D eigenvalue weighted by Gasteiger charge is -2.42. The number of aromatic nitrogens is 3. The van der Waals surface area contributed by atoms with Crippen LogP contribution in [-0.2, 0) is 9.59 Å². The molecule has 0 saturated carbocycles. The molecule has 35 heavy (non-hydrogen) atoms. The predicted molar refractivity (Wildman–Crippen MR) is 128 cm³/mol. The van der Waals surface area contributed by atoms with Gasteiger partial charge in [0, 0.05) is 33.3 Å². The Morgan fingerprint density at radius 1 is 1.23 bits per heavy atom. The zero-order valence-electron chi connectivity index (χ0n) is 19.8. The van der Waals surface area contributed by atoms with Gasteiger partial charge in [-0.15, -0.1) is 0 Å². The second kappa shape index (κ2) is 9.93. The van der Waals surface area contributed by atoms with Crippen LogP contribution in [0.2, 0.25) is 0 Å². The molecule has 180 valence electrons. The van der Waals surface area contributed by atoms with E-state index >= 15 is 0 Å². The first-order valence-corrected chi connectivity index (χ1v) is 11.3. The Balaban J connectivity index is 1.67. The number of nitriles is 1. The van der Waals surface area contributed by atoms with Crippen molar-refractivity contribution in [3.63, 3.8) is 0 Å². The third kappa shape index (κ3) is 4.71. The topological polar surface area (TPSA) is 121 Å². The Kier molecular flexibility index (Phi) is 6.78. The molecule has 1 aliphatic heterocycles. The second-order valence-corrected chi connectivity index (χ2v) is 8.63. The number of fused-ring (bicyclic) bond motifs is 1. The van der Waals surface area contributed by atoms with Gasteiger partial charge in [-0.3, -0.25) is 19.0 Å². The lowest BCUT2D eigenvalue weighted by molar-refractivity contribution is -0.132. The van der Waals surface area contributed by atoms with Crippen LogP contribution < -0.4 is 9.64 Å². The fourth-order valence-electron chi connectivity index (χ4n) is 4.52. The van der Waals surface area contributed by atoms with Crippen LogP contribution in [0.25, 0.3) is 11.0 Å². The van der Waals surface area contributed by atoms with Crippen LogP contribution >= 0.6 is 0 Å². The molecule has 0 N–H and O–H groups in total. The molecule has 0 bridgehead atoms. The van der Waals surface area contributed by atoms with Gasteiger partial charge in [-0.2, -0.15) is 5.26 Å². The van der Waals surface area contributed by atoms with Crippen molar-refractivity contribution in [3.8, 4) is 11.8 Å². The number of amides is 1. The number of likely N-dealkylation sites (tertiary alicyclic amines) is 1. The molecule has 0 unspecified atom stereocenters. The van der Waals surface area contributed by atoms with Crippen molar-refractivity contribution in [3.05, 3.63) is 48.4 Å². The van der Waals surface area contributed by atoms with Crippen molar-refractivity contribution in [2.45, 2.75) is 32.7 Å². The molecule has 3 heterocycles. The fraction of sp³-hybridized carbons (Fsp3) is 0.360. The molecule has 1 fully saturated rings. The number of piperidine rings is 1. The summed E-state index contributed by atoms with van der Waals surface area (Å²) in [5, 5.41) is 9.58. The fourth-order valence-corrected chi connectivity index (χ4v) is 4.52. The van der Waals surface area contributed by atoms with Gasteiger partial charge in [-0.25, -0.2) is 9.97 Å². The normalized spacial score (nSPS) is 17.6. The molecule has 10 nitrogen and oxygen atoms in total. The van der Waals surface area contributed by atoms with Crippen molar-refractivity contribution >= 4 is 34.6 Å². The van der Waals surface area contributed by atoms with Crippen molar-refractivity contribution in [2.75, 3.05) is 25.0 Å². The Morgan fingerprint density at radius 2 is 2.00 bits per heavy atom. The van der Waals surface area contributed by atoms with E-state index in [1.807, 2.05) is 18.0 Å². The highest BCUT2D eigenvalue weighted by Gasteiger charge is 2.33. The van der Waals surface area contributed by atoms with Gasteiger partial charge in [0.15, 0.2) is 5.65 Å². The average molecular weight is 475 g/mol. The largest absolute Gasteiger partial charge is 0.426 e. The predicted octanol–water partition coefficient (Wildman–Crippen LogP) is 2.63. The number of likely N-dealkylation sites (N-methyl/N-ethyl adjacent to an activating group) is 1. The minimum absolute atomic E-state index is 0.0202. The van der Waals surface area contributed by atoms with Crippen LogP contribution in [0.15, 0.2) is 42.9 Å². The number of esters is 1. The van der Waals surface area contributed by atoms with E-state index in [1.165, 1.54) is 17.8 Å². The molecule has 10 heteroatoms. The molecule has 2 atom stereocenters. The number of anilines is 1. The third-order valence-corrected chi connectivity index (χ3v) is 6.38. The zero-order valence-corrected chi connectivity index (χ0v) is 19.8. The summed E-state index contributed by atoms with van der Waals surface area (Å²) < 4.78 is 6.62. The maximum Gasteiger partial charge on any atom is 0.308 e. The van der Waals surface area contributed by atoms with Gasteiger partial charge < -0.3 is 14.5 Å².